The third-order valence-corrected chi connectivity index (χ3v) is 6.62. The van der Waals surface area contributed by atoms with Gasteiger partial charge in [-0.05, 0) is 63.6 Å². The highest BCUT2D eigenvalue weighted by Crippen LogP contribution is 2.39. The predicted molar refractivity (Wildman–Crippen MR) is 122 cm³/mol. The van der Waals surface area contributed by atoms with E-state index in [1.54, 1.807) is 26.8 Å². The van der Waals surface area contributed by atoms with E-state index in [2.05, 4.69) is 0 Å². The first-order valence-corrected chi connectivity index (χ1v) is 11.2. The van der Waals surface area contributed by atoms with Crippen LogP contribution in [0.2, 0.25) is 0 Å². The molecule has 33 heavy (non-hydrogen) atoms. The Bertz CT molecular complexity index is 1120. The molecule has 1 N–H and O–H groups in total. The molecule has 2 aromatic carbocycles. The van der Waals surface area contributed by atoms with E-state index in [1.807, 2.05) is 31.2 Å². The summed E-state index contributed by atoms with van der Waals surface area (Å²) >= 11 is 1.35. The van der Waals surface area contributed by atoms with Crippen LogP contribution in [0.4, 0.5) is 13.2 Å². The molecule has 4 nitrogen and oxygen atoms in total. The van der Waals surface area contributed by atoms with Crippen LogP contribution in [0.1, 0.15) is 48.5 Å². The van der Waals surface area contributed by atoms with Gasteiger partial charge in [-0.3, -0.25) is 4.79 Å². The van der Waals surface area contributed by atoms with Gasteiger partial charge < -0.3 is 14.3 Å². The summed E-state index contributed by atoms with van der Waals surface area (Å²) in [6.07, 6.45) is -4.38. The van der Waals surface area contributed by atoms with Crippen LogP contribution in [0.15, 0.2) is 59.0 Å². The molecule has 1 unspecified atom stereocenters. The summed E-state index contributed by atoms with van der Waals surface area (Å²) in [5.41, 5.74) is 1.56. The van der Waals surface area contributed by atoms with Crippen molar-refractivity contribution in [2.45, 2.75) is 50.5 Å². The van der Waals surface area contributed by atoms with Crippen molar-refractivity contribution in [1.29, 1.82) is 0 Å². The summed E-state index contributed by atoms with van der Waals surface area (Å²) in [5.74, 6) is 0.846. The summed E-state index contributed by atoms with van der Waals surface area (Å²) < 4.78 is 49.1. The zero-order valence-corrected chi connectivity index (χ0v) is 19.5. The molecule has 3 aromatic rings. The van der Waals surface area contributed by atoms with E-state index in [1.165, 1.54) is 23.9 Å². The van der Waals surface area contributed by atoms with Crippen molar-refractivity contribution in [3.05, 3.63) is 77.0 Å². The number of aliphatic carboxylic acids is 1. The van der Waals surface area contributed by atoms with Crippen LogP contribution < -0.4 is 4.74 Å². The number of carboxylic acid groups (broad SMARTS) is 1. The quantitative estimate of drug-likeness (QED) is 0.363. The van der Waals surface area contributed by atoms with Gasteiger partial charge >= 0.3 is 12.1 Å². The fourth-order valence-corrected chi connectivity index (χ4v) is 4.47. The molecule has 0 saturated heterocycles. The summed E-state index contributed by atoms with van der Waals surface area (Å²) in [4.78, 5) is 11.4. The van der Waals surface area contributed by atoms with Crippen molar-refractivity contribution in [3.8, 4) is 17.1 Å². The SMILES string of the molecule is Cc1oc(-c2ccc(C(F)(F)F)cc2)cc1COc1cccc(C(C)SC(C)(C)C(=O)O)c1. The lowest BCUT2D eigenvalue weighted by molar-refractivity contribution is -0.139. The number of benzene rings is 2. The summed E-state index contributed by atoms with van der Waals surface area (Å²) in [5, 5.41) is 9.30. The summed E-state index contributed by atoms with van der Waals surface area (Å²) in [7, 11) is 0. The van der Waals surface area contributed by atoms with Crippen LogP contribution in [0.3, 0.4) is 0 Å². The number of hydrogen-bond acceptors (Lipinski definition) is 4. The molecule has 3 rings (SSSR count). The second-order valence-electron chi connectivity index (χ2n) is 8.20. The Morgan fingerprint density at radius 1 is 1.12 bits per heavy atom. The van der Waals surface area contributed by atoms with Gasteiger partial charge in [0.25, 0.3) is 0 Å². The molecule has 0 saturated carbocycles. The highest BCUT2D eigenvalue weighted by molar-refractivity contribution is 8.01. The van der Waals surface area contributed by atoms with E-state index >= 15 is 0 Å². The minimum absolute atomic E-state index is 0.0541. The maximum atomic E-state index is 12.8. The fourth-order valence-electron chi connectivity index (χ4n) is 3.21. The molecule has 0 fully saturated rings. The predicted octanol–water partition coefficient (Wildman–Crippen LogP) is 7.51. The van der Waals surface area contributed by atoms with E-state index in [9.17, 15) is 23.1 Å². The molecule has 0 amide bonds. The lowest BCUT2D eigenvalue weighted by atomic mass is 10.1. The number of furan rings is 1. The lowest BCUT2D eigenvalue weighted by Crippen LogP contribution is -2.28. The highest BCUT2D eigenvalue weighted by Gasteiger charge is 2.31. The third kappa shape index (κ3) is 6.13. The van der Waals surface area contributed by atoms with Crippen molar-refractivity contribution in [2.75, 3.05) is 0 Å². The van der Waals surface area contributed by atoms with Crippen LogP contribution in [-0.2, 0) is 17.6 Å². The van der Waals surface area contributed by atoms with Gasteiger partial charge in [0.15, 0.2) is 0 Å². The van der Waals surface area contributed by atoms with E-state index < -0.39 is 22.5 Å². The van der Waals surface area contributed by atoms with Gasteiger partial charge in [0.1, 0.15) is 28.6 Å². The zero-order valence-electron chi connectivity index (χ0n) is 18.7. The van der Waals surface area contributed by atoms with E-state index in [4.69, 9.17) is 9.15 Å². The normalized spacial score (nSPS) is 13.1. The van der Waals surface area contributed by atoms with Crippen molar-refractivity contribution >= 4 is 17.7 Å². The van der Waals surface area contributed by atoms with Gasteiger partial charge in [-0.15, -0.1) is 11.8 Å². The molecule has 0 spiro atoms. The summed E-state index contributed by atoms with van der Waals surface area (Å²) in [6, 6.07) is 14.0. The van der Waals surface area contributed by atoms with Crippen molar-refractivity contribution in [1.82, 2.24) is 0 Å². The molecule has 0 radical (unpaired) electrons. The second kappa shape index (κ2) is 9.55. The molecule has 1 atom stereocenters. The number of carbonyl (C=O) groups is 1. The molecular formula is C25H25F3O4S. The summed E-state index contributed by atoms with van der Waals surface area (Å²) in [6.45, 7) is 7.29. The number of carboxylic acids is 1. The maximum absolute atomic E-state index is 12.8. The molecule has 1 aromatic heterocycles. The van der Waals surface area contributed by atoms with Crippen molar-refractivity contribution in [2.24, 2.45) is 0 Å². The monoisotopic (exact) mass is 478 g/mol. The first-order chi connectivity index (χ1) is 15.4. The number of aryl methyl sites for hydroxylation is 1. The fraction of sp³-hybridized carbons (Fsp3) is 0.320. The molecule has 8 heteroatoms. The van der Waals surface area contributed by atoms with Crippen LogP contribution in [0.5, 0.6) is 5.75 Å². The van der Waals surface area contributed by atoms with Crippen LogP contribution in [0.25, 0.3) is 11.3 Å². The minimum Gasteiger partial charge on any atom is -0.489 e. The number of halogens is 3. The Balaban J connectivity index is 1.69. The molecular weight excluding hydrogens is 453 g/mol. The maximum Gasteiger partial charge on any atom is 0.416 e. The molecule has 0 aliphatic rings. The average Bonchev–Trinajstić information content (AvgIpc) is 3.12. The average molecular weight is 479 g/mol. The molecule has 0 bridgehead atoms. The van der Waals surface area contributed by atoms with Crippen molar-refractivity contribution in [3.63, 3.8) is 0 Å². The highest BCUT2D eigenvalue weighted by atomic mass is 32.2. The number of alkyl halides is 3. The first-order valence-electron chi connectivity index (χ1n) is 10.3. The number of ether oxygens (including phenoxy) is 1. The number of rotatable bonds is 8. The standard InChI is InChI=1S/C25H25F3O4S/c1-15-19(13-22(32-15)17-8-10-20(11-9-17)25(26,27)28)14-31-21-7-5-6-18(12-21)16(2)33-24(3,4)23(29)30/h5-13,16H,14H2,1-4H3,(H,29,30). The van der Waals surface area contributed by atoms with Gasteiger partial charge in [0.2, 0.25) is 0 Å². The third-order valence-electron chi connectivity index (χ3n) is 5.23. The second-order valence-corrected chi connectivity index (χ2v) is 10.2. The first kappa shape index (κ1) is 24.8. The zero-order chi connectivity index (χ0) is 24.4. The van der Waals surface area contributed by atoms with E-state index in [0.29, 0.717) is 22.8 Å². The molecule has 1 heterocycles. The Morgan fingerprint density at radius 2 is 1.79 bits per heavy atom. The minimum atomic E-state index is -4.38. The smallest absolute Gasteiger partial charge is 0.416 e. The number of thioether (sulfide) groups is 1. The Kier molecular flexibility index (Phi) is 7.17. The van der Waals surface area contributed by atoms with Gasteiger partial charge in [-0.2, -0.15) is 13.2 Å². The van der Waals surface area contributed by atoms with Crippen LogP contribution in [0, 0.1) is 6.92 Å². The molecule has 176 valence electrons. The van der Waals surface area contributed by atoms with Crippen LogP contribution >= 0.6 is 11.8 Å². The van der Waals surface area contributed by atoms with E-state index in [0.717, 1.165) is 23.3 Å². The Hall–Kier alpha value is -2.87. The topological polar surface area (TPSA) is 59.7 Å². The number of hydrogen-bond donors (Lipinski definition) is 1. The van der Waals surface area contributed by atoms with Crippen molar-refractivity contribution < 1.29 is 32.2 Å². The molecule has 0 aliphatic heterocycles. The van der Waals surface area contributed by atoms with Gasteiger partial charge in [-0.25, -0.2) is 0 Å². The lowest BCUT2D eigenvalue weighted by Gasteiger charge is -2.23. The van der Waals surface area contributed by atoms with Crippen LogP contribution in [-0.4, -0.2) is 15.8 Å². The van der Waals surface area contributed by atoms with Gasteiger partial charge in [0.05, 0.1) is 5.56 Å². The van der Waals surface area contributed by atoms with Gasteiger partial charge in [0, 0.05) is 16.4 Å². The Labute approximate surface area is 194 Å². The largest absolute Gasteiger partial charge is 0.489 e. The molecule has 0 aliphatic carbocycles. The van der Waals surface area contributed by atoms with E-state index in [-0.39, 0.29) is 11.9 Å². The Morgan fingerprint density at radius 3 is 2.39 bits per heavy atom. The van der Waals surface area contributed by atoms with Gasteiger partial charge in [-0.1, -0.05) is 24.3 Å².